The molecule has 7 heteroatoms. The SMILES string of the molecule is COc1ccc(C(N)=O)cc1NC(=O)c1cc(C)c(Br)s1. The van der Waals surface area contributed by atoms with Crippen molar-refractivity contribution in [2.45, 2.75) is 6.92 Å². The van der Waals surface area contributed by atoms with Crippen molar-refractivity contribution in [1.82, 2.24) is 0 Å². The highest BCUT2D eigenvalue weighted by Gasteiger charge is 2.15. The Balaban J connectivity index is 2.31. The summed E-state index contributed by atoms with van der Waals surface area (Å²) in [7, 11) is 1.49. The Hall–Kier alpha value is -1.86. The first-order chi connectivity index (χ1) is 9.92. The third-order valence-corrected chi connectivity index (χ3v) is 4.95. The molecule has 0 bridgehead atoms. The summed E-state index contributed by atoms with van der Waals surface area (Å²) in [6, 6.07) is 6.41. The third kappa shape index (κ3) is 3.43. The van der Waals surface area contributed by atoms with Gasteiger partial charge in [0.25, 0.3) is 5.91 Å². The summed E-state index contributed by atoms with van der Waals surface area (Å²) >= 11 is 4.72. The number of rotatable bonds is 4. The number of primary amides is 1. The van der Waals surface area contributed by atoms with Crippen molar-refractivity contribution < 1.29 is 14.3 Å². The lowest BCUT2D eigenvalue weighted by molar-refractivity contribution is 0.0996. The molecule has 0 saturated heterocycles. The lowest BCUT2D eigenvalue weighted by Gasteiger charge is -2.10. The molecule has 0 unspecified atom stereocenters. The van der Waals surface area contributed by atoms with Crippen LogP contribution in [0.15, 0.2) is 28.1 Å². The topological polar surface area (TPSA) is 81.4 Å². The Bertz CT molecular complexity index is 693. The van der Waals surface area contributed by atoms with Crippen molar-refractivity contribution in [3.63, 3.8) is 0 Å². The average Bonchev–Trinajstić information content (AvgIpc) is 2.78. The highest BCUT2D eigenvalue weighted by molar-refractivity contribution is 9.11. The van der Waals surface area contributed by atoms with E-state index in [1.807, 2.05) is 6.92 Å². The first-order valence-corrected chi connectivity index (χ1v) is 7.58. The minimum atomic E-state index is -0.567. The Kier molecular flexibility index (Phi) is 4.64. The maximum atomic E-state index is 12.2. The van der Waals surface area contributed by atoms with Gasteiger partial charge in [-0.1, -0.05) is 0 Å². The fourth-order valence-corrected chi connectivity index (χ4v) is 3.14. The van der Waals surface area contributed by atoms with Gasteiger partial charge < -0.3 is 15.8 Å². The third-order valence-electron chi connectivity index (χ3n) is 2.81. The lowest BCUT2D eigenvalue weighted by atomic mass is 10.1. The van der Waals surface area contributed by atoms with Crippen molar-refractivity contribution in [2.75, 3.05) is 12.4 Å². The molecule has 0 radical (unpaired) electrons. The summed E-state index contributed by atoms with van der Waals surface area (Å²) in [6.45, 7) is 1.91. The molecular formula is C14H13BrN2O3S. The van der Waals surface area contributed by atoms with Crippen molar-refractivity contribution >= 4 is 44.8 Å². The molecule has 2 aromatic rings. The number of halogens is 1. The summed E-state index contributed by atoms with van der Waals surface area (Å²) in [5, 5.41) is 2.73. The highest BCUT2D eigenvalue weighted by atomic mass is 79.9. The van der Waals surface area contributed by atoms with Crippen LogP contribution in [-0.2, 0) is 0 Å². The number of methoxy groups -OCH3 is 1. The van der Waals surface area contributed by atoms with E-state index >= 15 is 0 Å². The minimum absolute atomic E-state index is 0.270. The lowest BCUT2D eigenvalue weighted by Crippen LogP contribution is -2.14. The average molecular weight is 369 g/mol. The molecule has 1 heterocycles. The summed E-state index contributed by atoms with van der Waals surface area (Å²) in [6.07, 6.45) is 0. The molecule has 0 aliphatic heterocycles. The first-order valence-electron chi connectivity index (χ1n) is 5.97. The molecule has 21 heavy (non-hydrogen) atoms. The summed E-state index contributed by atoms with van der Waals surface area (Å²) in [5.74, 6) is -0.378. The number of nitrogens with two attached hydrogens (primary N) is 1. The molecule has 1 aromatic heterocycles. The van der Waals surface area contributed by atoms with E-state index in [0.29, 0.717) is 21.9 Å². The molecule has 0 atom stereocenters. The number of hydrogen-bond acceptors (Lipinski definition) is 4. The number of benzene rings is 1. The first kappa shape index (κ1) is 15.5. The van der Waals surface area contributed by atoms with Gasteiger partial charge in [-0.05, 0) is 52.7 Å². The van der Waals surface area contributed by atoms with Crippen LogP contribution in [0.3, 0.4) is 0 Å². The molecule has 0 fully saturated rings. The smallest absolute Gasteiger partial charge is 0.265 e. The van der Waals surface area contributed by atoms with E-state index in [2.05, 4.69) is 21.2 Å². The number of ether oxygens (including phenoxy) is 1. The quantitative estimate of drug-likeness (QED) is 0.869. The Morgan fingerprint density at radius 2 is 2.05 bits per heavy atom. The number of carbonyl (C=O) groups excluding carboxylic acids is 2. The Labute approximate surface area is 134 Å². The second-order valence-electron chi connectivity index (χ2n) is 4.30. The van der Waals surface area contributed by atoms with Gasteiger partial charge in [-0.2, -0.15) is 0 Å². The van der Waals surface area contributed by atoms with E-state index in [0.717, 1.165) is 9.35 Å². The molecule has 1 aromatic carbocycles. The van der Waals surface area contributed by atoms with Gasteiger partial charge in [0.2, 0.25) is 5.91 Å². The van der Waals surface area contributed by atoms with Gasteiger partial charge in [0.15, 0.2) is 0 Å². The van der Waals surface area contributed by atoms with Crippen LogP contribution in [0.5, 0.6) is 5.75 Å². The Morgan fingerprint density at radius 1 is 1.33 bits per heavy atom. The monoisotopic (exact) mass is 368 g/mol. The molecule has 5 nitrogen and oxygen atoms in total. The van der Waals surface area contributed by atoms with Gasteiger partial charge in [0, 0.05) is 5.56 Å². The van der Waals surface area contributed by atoms with Gasteiger partial charge in [-0.15, -0.1) is 11.3 Å². The largest absolute Gasteiger partial charge is 0.495 e. The van der Waals surface area contributed by atoms with Crippen molar-refractivity contribution in [3.8, 4) is 5.75 Å². The minimum Gasteiger partial charge on any atom is -0.495 e. The van der Waals surface area contributed by atoms with Crippen LogP contribution >= 0.6 is 27.3 Å². The van der Waals surface area contributed by atoms with Crippen LogP contribution < -0.4 is 15.8 Å². The van der Waals surface area contributed by atoms with E-state index in [1.54, 1.807) is 18.2 Å². The van der Waals surface area contributed by atoms with Gasteiger partial charge >= 0.3 is 0 Å². The van der Waals surface area contributed by atoms with Crippen LogP contribution in [0.4, 0.5) is 5.69 Å². The van der Waals surface area contributed by atoms with E-state index in [9.17, 15) is 9.59 Å². The second kappa shape index (κ2) is 6.28. The van der Waals surface area contributed by atoms with Crippen molar-refractivity contribution in [3.05, 3.63) is 44.1 Å². The number of thiophene rings is 1. The maximum absolute atomic E-state index is 12.2. The number of anilines is 1. The van der Waals surface area contributed by atoms with Crippen LogP contribution in [0.2, 0.25) is 0 Å². The zero-order valence-electron chi connectivity index (χ0n) is 11.4. The molecule has 0 aliphatic rings. The van der Waals surface area contributed by atoms with E-state index in [-0.39, 0.29) is 5.91 Å². The van der Waals surface area contributed by atoms with Crippen LogP contribution in [0.1, 0.15) is 25.6 Å². The predicted octanol–water partition coefficient (Wildman–Crippen LogP) is 3.18. The fourth-order valence-electron chi connectivity index (χ4n) is 1.71. The standard InChI is InChI=1S/C14H13BrN2O3S/c1-7-5-11(21-12(7)15)14(19)17-9-6-8(13(16)18)3-4-10(9)20-2/h3-6H,1-2H3,(H2,16,18)(H,17,19). The highest BCUT2D eigenvalue weighted by Crippen LogP contribution is 2.30. The number of aryl methyl sites for hydroxylation is 1. The summed E-state index contributed by atoms with van der Waals surface area (Å²) < 4.78 is 6.08. The van der Waals surface area contributed by atoms with Crippen LogP contribution in [-0.4, -0.2) is 18.9 Å². The number of hydrogen-bond donors (Lipinski definition) is 2. The zero-order valence-corrected chi connectivity index (χ0v) is 13.8. The van der Waals surface area contributed by atoms with Gasteiger partial charge in [0.1, 0.15) is 5.75 Å². The van der Waals surface area contributed by atoms with Crippen molar-refractivity contribution in [2.24, 2.45) is 5.73 Å². The number of carbonyl (C=O) groups is 2. The maximum Gasteiger partial charge on any atom is 0.265 e. The van der Waals surface area contributed by atoms with E-state index < -0.39 is 5.91 Å². The van der Waals surface area contributed by atoms with Crippen LogP contribution in [0, 0.1) is 6.92 Å². The summed E-state index contributed by atoms with van der Waals surface area (Å²) in [5.41, 5.74) is 6.94. The molecular weight excluding hydrogens is 356 g/mol. The second-order valence-corrected chi connectivity index (χ2v) is 6.67. The molecule has 2 rings (SSSR count). The summed E-state index contributed by atoms with van der Waals surface area (Å²) in [4.78, 5) is 24.0. The number of amides is 2. The van der Waals surface area contributed by atoms with Crippen molar-refractivity contribution in [1.29, 1.82) is 0 Å². The van der Waals surface area contributed by atoms with E-state index in [1.165, 1.54) is 24.5 Å². The van der Waals surface area contributed by atoms with E-state index in [4.69, 9.17) is 10.5 Å². The zero-order chi connectivity index (χ0) is 15.6. The normalized spacial score (nSPS) is 10.2. The molecule has 0 spiro atoms. The number of nitrogens with one attached hydrogen (secondary N) is 1. The fraction of sp³-hybridized carbons (Fsp3) is 0.143. The van der Waals surface area contributed by atoms with Gasteiger partial charge in [-0.3, -0.25) is 9.59 Å². The van der Waals surface area contributed by atoms with Crippen LogP contribution in [0.25, 0.3) is 0 Å². The predicted molar refractivity (Wildman–Crippen MR) is 86.2 cm³/mol. The van der Waals surface area contributed by atoms with Gasteiger partial charge in [-0.25, -0.2) is 0 Å². The molecule has 2 amide bonds. The molecule has 0 aliphatic carbocycles. The molecule has 110 valence electrons. The Morgan fingerprint density at radius 3 is 2.57 bits per heavy atom. The molecule has 0 saturated carbocycles. The molecule has 3 N–H and O–H groups in total. The van der Waals surface area contributed by atoms with Gasteiger partial charge in [0.05, 0.1) is 21.5 Å².